The first-order valence-electron chi connectivity index (χ1n) is 7.21. The van der Waals surface area contributed by atoms with Crippen molar-refractivity contribution in [1.29, 1.82) is 0 Å². The monoisotopic (exact) mass is 306 g/mol. The predicted octanol–water partition coefficient (Wildman–Crippen LogP) is 2.74. The molecule has 1 aromatic carbocycles. The predicted molar refractivity (Wildman–Crippen MR) is 86.6 cm³/mol. The van der Waals surface area contributed by atoms with Gasteiger partial charge >= 0.3 is 5.97 Å². The second kappa shape index (κ2) is 4.95. The number of hydrogen-bond acceptors (Lipinski definition) is 3. The molecule has 0 fully saturated rings. The Kier molecular flexibility index (Phi) is 2.90. The van der Waals surface area contributed by atoms with Gasteiger partial charge in [-0.2, -0.15) is 0 Å². The van der Waals surface area contributed by atoms with Crippen LogP contribution in [0.1, 0.15) is 21.6 Å². The molecule has 3 aromatic heterocycles. The number of hydrogen-bond donors (Lipinski definition) is 2. The summed E-state index contributed by atoms with van der Waals surface area (Å²) >= 11 is 0. The lowest BCUT2D eigenvalue weighted by atomic mass is 10.1. The van der Waals surface area contributed by atoms with E-state index in [4.69, 9.17) is 0 Å². The number of benzene rings is 1. The van der Waals surface area contributed by atoms with E-state index in [9.17, 15) is 9.90 Å². The van der Waals surface area contributed by atoms with Crippen molar-refractivity contribution in [2.45, 2.75) is 6.42 Å². The molecule has 0 atom stereocenters. The van der Waals surface area contributed by atoms with Gasteiger partial charge in [-0.15, -0.1) is 0 Å². The lowest BCUT2D eigenvalue weighted by molar-refractivity contribution is 0.0699. The first-order valence-corrected chi connectivity index (χ1v) is 7.21. The number of pyridine rings is 1. The maximum atomic E-state index is 11.3. The van der Waals surface area contributed by atoms with E-state index in [1.807, 2.05) is 29.8 Å². The van der Waals surface area contributed by atoms with Gasteiger partial charge in [0.15, 0.2) is 0 Å². The maximum Gasteiger partial charge on any atom is 0.337 e. The van der Waals surface area contributed by atoms with Gasteiger partial charge in [-0.1, -0.05) is 6.07 Å². The van der Waals surface area contributed by atoms with Crippen molar-refractivity contribution in [1.82, 2.24) is 19.5 Å². The largest absolute Gasteiger partial charge is 0.478 e. The van der Waals surface area contributed by atoms with E-state index >= 15 is 0 Å². The molecule has 4 rings (SSSR count). The third-order valence-corrected chi connectivity index (χ3v) is 3.99. The zero-order valence-corrected chi connectivity index (χ0v) is 12.4. The van der Waals surface area contributed by atoms with Gasteiger partial charge in [0.2, 0.25) is 0 Å². The Balaban J connectivity index is 1.75. The molecule has 3 heterocycles. The number of aromatic amines is 1. The quantitative estimate of drug-likeness (QED) is 0.609. The number of nitrogens with one attached hydrogen (secondary N) is 1. The Bertz CT molecular complexity index is 1050. The average molecular weight is 306 g/mol. The summed E-state index contributed by atoms with van der Waals surface area (Å²) in [5, 5.41) is 9.25. The van der Waals surface area contributed by atoms with Crippen LogP contribution in [0.5, 0.6) is 0 Å². The van der Waals surface area contributed by atoms with E-state index in [1.165, 1.54) is 12.3 Å². The van der Waals surface area contributed by atoms with E-state index in [1.54, 1.807) is 6.33 Å². The highest BCUT2D eigenvalue weighted by Gasteiger charge is 2.12. The SMILES string of the molecule is Cn1cnc2ccc(Cc3cc4nccc(C(=O)O)c4[nH]3)cc21. The Morgan fingerprint density at radius 1 is 1.22 bits per heavy atom. The summed E-state index contributed by atoms with van der Waals surface area (Å²) < 4.78 is 1.98. The fourth-order valence-corrected chi connectivity index (χ4v) is 2.86. The number of H-pyrrole nitrogens is 1. The third kappa shape index (κ3) is 2.24. The van der Waals surface area contributed by atoms with Gasteiger partial charge in [0.05, 0.1) is 34.0 Å². The second-order valence-electron chi connectivity index (χ2n) is 5.57. The zero-order valence-electron chi connectivity index (χ0n) is 12.4. The first-order chi connectivity index (χ1) is 11.1. The van der Waals surface area contributed by atoms with Crippen molar-refractivity contribution in [2.75, 3.05) is 0 Å². The minimum absolute atomic E-state index is 0.239. The minimum Gasteiger partial charge on any atom is -0.478 e. The van der Waals surface area contributed by atoms with Crippen LogP contribution in [0.15, 0.2) is 42.9 Å². The molecule has 0 aliphatic rings. The molecule has 6 nitrogen and oxygen atoms in total. The Morgan fingerprint density at radius 3 is 2.91 bits per heavy atom. The number of carbonyl (C=O) groups is 1. The topological polar surface area (TPSA) is 83.8 Å². The third-order valence-electron chi connectivity index (χ3n) is 3.99. The first kappa shape index (κ1) is 13.5. The molecule has 0 aliphatic heterocycles. The normalized spacial score (nSPS) is 11.3. The number of aromatic carboxylic acids is 1. The molecular formula is C17H14N4O2. The highest BCUT2D eigenvalue weighted by molar-refractivity contribution is 6.00. The lowest BCUT2D eigenvalue weighted by Crippen LogP contribution is -1.98. The highest BCUT2D eigenvalue weighted by Crippen LogP contribution is 2.21. The van der Waals surface area contributed by atoms with Crippen LogP contribution in [-0.2, 0) is 13.5 Å². The molecule has 0 unspecified atom stereocenters. The van der Waals surface area contributed by atoms with Gasteiger partial charge in [0.25, 0.3) is 0 Å². The number of fused-ring (bicyclic) bond motifs is 2. The standard InChI is InChI=1S/C17H14N4O2/c1-21-9-19-13-3-2-10(7-15(13)21)6-11-8-14-16(20-11)12(17(22)23)4-5-18-14/h2-5,7-9,20H,6H2,1H3,(H,22,23). The van der Waals surface area contributed by atoms with E-state index in [0.29, 0.717) is 17.5 Å². The molecule has 0 amide bonds. The van der Waals surface area contributed by atoms with Crippen LogP contribution in [-0.4, -0.2) is 30.6 Å². The van der Waals surface area contributed by atoms with Crippen molar-refractivity contribution < 1.29 is 9.90 Å². The minimum atomic E-state index is -0.956. The van der Waals surface area contributed by atoms with E-state index < -0.39 is 5.97 Å². The van der Waals surface area contributed by atoms with Crippen LogP contribution < -0.4 is 0 Å². The van der Waals surface area contributed by atoms with Crippen molar-refractivity contribution >= 4 is 28.0 Å². The summed E-state index contributed by atoms with van der Waals surface area (Å²) in [7, 11) is 1.96. The molecule has 2 N–H and O–H groups in total. The summed E-state index contributed by atoms with van der Waals surface area (Å²) in [5.41, 5.74) is 5.57. The zero-order chi connectivity index (χ0) is 16.0. The molecule has 4 aromatic rings. The number of carboxylic acid groups (broad SMARTS) is 1. The average Bonchev–Trinajstić information content (AvgIpc) is 3.10. The Labute approximate surface area is 131 Å². The number of aryl methyl sites for hydroxylation is 1. The van der Waals surface area contributed by atoms with Crippen LogP contribution in [0, 0.1) is 0 Å². The number of aromatic nitrogens is 4. The van der Waals surface area contributed by atoms with Crippen LogP contribution in [0.4, 0.5) is 0 Å². The van der Waals surface area contributed by atoms with Gasteiger partial charge in [0, 0.05) is 25.4 Å². The van der Waals surface area contributed by atoms with Gasteiger partial charge in [-0.25, -0.2) is 9.78 Å². The second-order valence-corrected chi connectivity index (χ2v) is 5.57. The van der Waals surface area contributed by atoms with Gasteiger partial charge in [-0.05, 0) is 29.8 Å². The molecule has 0 saturated carbocycles. The van der Waals surface area contributed by atoms with Crippen LogP contribution in [0.3, 0.4) is 0 Å². The molecule has 0 bridgehead atoms. The van der Waals surface area contributed by atoms with Gasteiger partial charge in [0.1, 0.15) is 0 Å². The van der Waals surface area contributed by atoms with Crippen molar-refractivity contribution in [3.05, 3.63) is 59.7 Å². The summed E-state index contributed by atoms with van der Waals surface area (Å²) in [6, 6.07) is 9.53. The van der Waals surface area contributed by atoms with Crippen molar-refractivity contribution in [3.8, 4) is 0 Å². The van der Waals surface area contributed by atoms with E-state index in [0.717, 1.165) is 22.3 Å². The number of imidazole rings is 1. The Hall–Kier alpha value is -3.15. The summed E-state index contributed by atoms with van der Waals surface area (Å²) in [6.45, 7) is 0. The molecule has 114 valence electrons. The van der Waals surface area contributed by atoms with Crippen molar-refractivity contribution in [2.24, 2.45) is 7.05 Å². The number of nitrogens with zero attached hydrogens (tertiary/aromatic N) is 3. The van der Waals surface area contributed by atoms with Crippen LogP contribution >= 0.6 is 0 Å². The molecule has 6 heteroatoms. The number of carboxylic acids is 1. The van der Waals surface area contributed by atoms with E-state index in [2.05, 4.69) is 21.0 Å². The highest BCUT2D eigenvalue weighted by atomic mass is 16.4. The summed E-state index contributed by atoms with van der Waals surface area (Å²) in [5.74, 6) is -0.956. The van der Waals surface area contributed by atoms with Crippen molar-refractivity contribution in [3.63, 3.8) is 0 Å². The van der Waals surface area contributed by atoms with Crippen LogP contribution in [0.25, 0.3) is 22.1 Å². The molecule has 23 heavy (non-hydrogen) atoms. The molecule has 0 aliphatic carbocycles. The van der Waals surface area contributed by atoms with Gasteiger partial charge < -0.3 is 14.7 Å². The Morgan fingerprint density at radius 2 is 2.09 bits per heavy atom. The van der Waals surface area contributed by atoms with Crippen LogP contribution in [0.2, 0.25) is 0 Å². The molecular weight excluding hydrogens is 292 g/mol. The summed E-state index contributed by atoms with van der Waals surface area (Å²) in [6.07, 6.45) is 3.99. The molecule has 0 saturated heterocycles. The molecule has 0 spiro atoms. The van der Waals surface area contributed by atoms with E-state index in [-0.39, 0.29) is 5.56 Å². The smallest absolute Gasteiger partial charge is 0.337 e. The van der Waals surface area contributed by atoms with Gasteiger partial charge in [-0.3, -0.25) is 4.98 Å². The summed E-state index contributed by atoms with van der Waals surface area (Å²) in [4.78, 5) is 23.0. The fourth-order valence-electron chi connectivity index (χ4n) is 2.86. The lowest BCUT2D eigenvalue weighted by Gasteiger charge is -2.01. The maximum absolute atomic E-state index is 11.3. The fraction of sp³-hybridized carbons (Fsp3) is 0.118. The number of rotatable bonds is 3. The molecule has 0 radical (unpaired) electrons.